The summed E-state index contributed by atoms with van der Waals surface area (Å²) in [5.41, 5.74) is 2.76. The maximum atomic E-state index is 12.0. The van der Waals surface area contributed by atoms with Crippen molar-refractivity contribution in [2.75, 3.05) is 18.4 Å². The van der Waals surface area contributed by atoms with E-state index in [1.807, 2.05) is 30.5 Å². The van der Waals surface area contributed by atoms with Gasteiger partial charge in [0.2, 0.25) is 0 Å². The van der Waals surface area contributed by atoms with E-state index in [4.69, 9.17) is 0 Å². The number of piperidine rings is 1. The Morgan fingerprint density at radius 1 is 1.39 bits per heavy atom. The Bertz CT molecular complexity index is 507. The molecule has 0 bridgehead atoms. The van der Waals surface area contributed by atoms with Crippen molar-refractivity contribution in [1.82, 2.24) is 4.90 Å². The fourth-order valence-electron chi connectivity index (χ4n) is 2.79. The van der Waals surface area contributed by atoms with Gasteiger partial charge >= 0.3 is 0 Å². The predicted octanol–water partition coefficient (Wildman–Crippen LogP) is 2.71. The number of amides is 1. The van der Waals surface area contributed by atoms with Crippen molar-refractivity contribution in [2.24, 2.45) is 5.92 Å². The van der Waals surface area contributed by atoms with Crippen LogP contribution in [0.25, 0.3) is 5.57 Å². The SMILES string of the molecule is CC1CCCN(/C=C2/C(=O)Nc3ccccc32)C1. The van der Waals surface area contributed by atoms with Crippen LogP contribution < -0.4 is 5.32 Å². The van der Waals surface area contributed by atoms with Gasteiger partial charge in [-0.15, -0.1) is 0 Å². The molecule has 3 heteroatoms. The van der Waals surface area contributed by atoms with Gasteiger partial charge < -0.3 is 10.2 Å². The zero-order chi connectivity index (χ0) is 12.5. The number of benzene rings is 1. The summed E-state index contributed by atoms with van der Waals surface area (Å²) in [7, 11) is 0. The Morgan fingerprint density at radius 3 is 3.06 bits per heavy atom. The van der Waals surface area contributed by atoms with Gasteiger partial charge in [0.15, 0.2) is 0 Å². The molecular formula is C15H18N2O. The third-order valence-electron chi connectivity index (χ3n) is 3.71. The highest BCUT2D eigenvalue weighted by atomic mass is 16.2. The van der Waals surface area contributed by atoms with E-state index in [0.717, 1.165) is 35.8 Å². The maximum Gasteiger partial charge on any atom is 0.257 e. The highest BCUT2D eigenvalue weighted by molar-refractivity contribution is 6.31. The quantitative estimate of drug-likeness (QED) is 0.768. The summed E-state index contributed by atoms with van der Waals surface area (Å²) >= 11 is 0. The molecule has 0 radical (unpaired) electrons. The second-order valence-corrected chi connectivity index (χ2v) is 5.28. The molecule has 1 aromatic rings. The van der Waals surface area contributed by atoms with Crippen LogP contribution in [0.4, 0.5) is 5.69 Å². The zero-order valence-corrected chi connectivity index (χ0v) is 10.6. The van der Waals surface area contributed by atoms with Gasteiger partial charge in [0, 0.05) is 30.5 Å². The molecule has 2 aliphatic heterocycles. The largest absolute Gasteiger partial charge is 0.376 e. The molecule has 3 rings (SSSR count). The van der Waals surface area contributed by atoms with Crippen LogP contribution in [0.3, 0.4) is 0 Å². The Kier molecular flexibility index (Phi) is 2.82. The molecule has 94 valence electrons. The zero-order valence-electron chi connectivity index (χ0n) is 10.6. The predicted molar refractivity (Wildman–Crippen MR) is 73.0 cm³/mol. The third-order valence-corrected chi connectivity index (χ3v) is 3.71. The van der Waals surface area contributed by atoms with Gasteiger partial charge in [0.05, 0.1) is 5.57 Å². The lowest BCUT2D eigenvalue weighted by Crippen LogP contribution is -2.30. The molecule has 1 N–H and O–H groups in total. The number of nitrogens with zero attached hydrogens (tertiary/aromatic N) is 1. The molecule has 3 nitrogen and oxygen atoms in total. The molecule has 18 heavy (non-hydrogen) atoms. The number of hydrogen-bond acceptors (Lipinski definition) is 2. The second kappa shape index (κ2) is 4.48. The first kappa shape index (κ1) is 11.3. The number of anilines is 1. The normalized spacial score (nSPS) is 25.2. The van der Waals surface area contributed by atoms with E-state index in [9.17, 15) is 4.79 Å². The summed E-state index contributed by atoms with van der Waals surface area (Å²) in [6, 6.07) is 7.89. The molecule has 0 spiro atoms. The monoisotopic (exact) mass is 242 g/mol. The van der Waals surface area contributed by atoms with Crippen LogP contribution in [-0.4, -0.2) is 23.9 Å². The average molecular weight is 242 g/mol. The van der Waals surface area contributed by atoms with Crippen molar-refractivity contribution in [2.45, 2.75) is 19.8 Å². The lowest BCUT2D eigenvalue weighted by molar-refractivity contribution is -0.110. The van der Waals surface area contributed by atoms with E-state index < -0.39 is 0 Å². The van der Waals surface area contributed by atoms with Gasteiger partial charge in [0.1, 0.15) is 0 Å². The first-order valence-electron chi connectivity index (χ1n) is 6.60. The van der Waals surface area contributed by atoms with Crippen molar-refractivity contribution < 1.29 is 4.79 Å². The van der Waals surface area contributed by atoms with E-state index in [-0.39, 0.29) is 5.91 Å². The highest BCUT2D eigenvalue weighted by Gasteiger charge is 2.25. The molecule has 1 aromatic carbocycles. The molecule has 1 atom stereocenters. The lowest BCUT2D eigenvalue weighted by atomic mass is 10.00. The first-order valence-corrected chi connectivity index (χ1v) is 6.60. The Labute approximate surface area is 107 Å². The topological polar surface area (TPSA) is 32.3 Å². The van der Waals surface area contributed by atoms with Gasteiger partial charge in [-0.25, -0.2) is 0 Å². The number of para-hydroxylation sites is 1. The minimum absolute atomic E-state index is 0.0226. The third kappa shape index (κ3) is 2.01. The number of carbonyl (C=O) groups excluding carboxylic acids is 1. The molecule has 1 amide bonds. The molecule has 1 saturated heterocycles. The minimum Gasteiger partial charge on any atom is -0.376 e. The molecule has 1 unspecified atom stereocenters. The van der Waals surface area contributed by atoms with Crippen molar-refractivity contribution in [3.05, 3.63) is 36.0 Å². The fraction of sp³-hybridized carbons (Fsp3) is 0.400. The van der Waals surface area contributed by atoms with Crippen molar-refractivity contribution in [1.29, 1.82) is 0 Å². The van der Waals surface area contributed by atoms with Crippen molar-refractivity contribution in [3.8, 4) is 0 Å². The first-order chi connectivity index (χ1) is 8.74. The van der Waals surface area contributed by atoms with Gasteiger partial charge in [-0.1, -0.05) is 25.1 Å². The smallest absolute Gasteiger partial charge is 0.257 e. The standard InChI is InChI=1S/C15H18N2O/c1-11-5-4-8-17(9-11)10-13-12-6-2-3-7-14(12)16-15(13)18/h2-3,6-7,10-11H,4-5,8-9H2,1H3,(H,16,18)/b13-10+. The summed E-state index contributed by atoms with van der Waals surface area (Å²) < 4.78 is 0. The van der Waals surface area contributed by atoms with Crippen LogP contribution in [0, 0.1) is 5.92 Å². The van der Waals surface area contributed by atoms with Crippen LogP contribution in [0.2, 0.25) is 0 Å². The molecule has 1 fully saturated rings. The fourth-order valence-corrected chi connectivity index (χ4v) is 2.79. The van der Waals surface area contributed by atoms with Crippen LogP contribution in [0.15, 0.2) is 30.5 Å². The summed E-state index contributed by atoms with van der Waals surface area (Å²) in [4.78, 5) is 14.3. The van der Waals surface area contributed by atoms with Crippen LogP contribution >= 0.6 is 0 Å². The molecule has 2 aliphatic rings. The molecular weight excluding hydrogens is 224 g/mol. The van der Waals surface area contributed by atoms with E-state index in [2.05, 4.69) is 17.1 Å². The Balaban J connectivity index is 1.89. The Hall–Kier alpha value is -1.77. The van der Waals surface area contributed by atoms with E-state index >= 15 is 0 Å². The number of likely N-dealkylation sites (tertiary alicyclic amines) is 1. The van der Waals surface area contributed by atoms with Crippen LogP contribution in [0.1, 0.15) is 25.3 Å². The van der Waals surface area contributed by atoms with Crippen LogP contribution in [0.5, 0.6) is 0 Å². The maximum absolute atomic E-state index is 12.0. The van der Waals surface area contributed by atoms with Crippen molar-refractivity contribution >= 4 is 17.2 Å². The molecule has 0 saturated carbocycles. The van der Waals surface area contributed by atoms with Crippen LogP contribution in [-0.2, 0) is 4.79 Å². The second-order valence-electron chi connectivity index (χ2n) is 5.28. The summed E-state index contributed by atoms with van der Waals surface area (Å²) in [5, 5.41) is 2.91. The van der Waals surface area contributed by atoms with Gasteiger partial charge in [-0.3, -0.25) is 4.79 Å². The van der Waals surface area contributed by atoms with E-state index in [1.165, 1.54) is 12.8 Å². The number of rotatable bonds is 1. The van der Waals surface area contributed by atoms with Gasteiger partial charge in [-0.2, -0.15) is 0 Å². The molecule has 0 aliphatic carbocycles. The minimum atomic E-state index is 0.0226. The van der Waals surface area contributed by atoms with E-state index in [0.29, 0.717) is 0 Å². The number of nitrogens with one attached hydrogen (secondary N) is 1. The number of hydrogen-bond donors (Lipinski definition) is 1. The summed E-state index contributed by atoms with van der Waals surface area (Å²) in [6.45, 7) is 4.38. The lowest BCUT2D eigenvalue weighted by Gasteiger charge is -2.30. The van der Waals surface area contributed by atoms with Gasteiger partial charge in [0.25, 0.3) is 5.91 Å². The van der Waals surface area contributed by atoms with E-state index in [1.54, 1.807) is 0 Å². The summed E-state index contributed by atoms with van der Waals surface area (Å²) in [5.74, 6) is 0.740. The molecule has 2 heterocycles. The number of carbonyl (C=O) groups is 1. The Morgan fingerprint density at radius 2 is 2.22 bits per heavy atom. The molecule has 0 aromatic heterocycles. The van der Waals surface area contributed by atoms with Gasteiger partial charge in [-0.05, 0) is 24.8 Å². The summed E-state index contributed by atoms with van der Waals surface area (Å²) in [6.07, 6.45) is 4.55. The number of fused-ring (bicyclic) bond motifs is 1. The van der Waals surface area contributed by atoms with Crippen molar-refractivity contribution in [3.63, 3.8) is 0 Å². The average Bonchev–Trinajstić information content (AvgIpc) is 2.66. The highest BCUT2D eigenvalue weighted by Crippen LogP contribution is 2.32.